The average molecular weight is 284 g/mol. The predicted molar refractivity (Wildman–Crippen MR) is 79.7 cm³/mol. The largest absolute Gasteiger partial charge is 0.409 e. The minimum absolute atomic E-state index is 0.0354. The monoisotopic (exact) mass is 284 g/mol. The van der Waals surface area contributed by atoms with Gasteiger partial charge in [-0.25, -0.2) is 0 Å². The van der Waals surface area contributed by atoms with E-state index in [1.54, 1.807) is 0 Å². The van der Waals surface area contributed by atoms with Crippen LogP contribution in [-0.2, 0) is 4.79 Å². The quantitative estimate of drug-likeness (QED) is 0.331. The van der Waals surface area contributed by atoms with E-state index in [2.05, 4.69) is 23.9 Å². The first-order chi connectivity index (χ1) is 9.53. The van der Waals surface area contributed by atoms with Crippen molar-refractivity contribution in [1.29, 1.82) is 0 Å². The average Bonchev–Trinajstić information content (AvgIpc) is 2.48. The molecule has 1 aliphatic rings. The highest BCUT2D eigenvalue weighted by atomic mass is 16.4. The van der Waals surface area contributed by atoms with Crippen LogP contribution in [0, 0.1) is 5.92 Å². The third-order valence-corrected chi connectivity index (χ3v) is 4.17. The second-order valence-corrected chi connectivity index (χ2v) is 5.58. The van der Waals surface area contributed by atoms with Crippen molar-refractivity contribution in [2.75, 3.05) is 26.2 Å². The lowest BCUT2D eigenvalue weighted by Gasteiger charge is -2.38. The van der Waals surface area contributed by atoms with Gasteiger partial charge in [0.2, 0.25) is 5.91 Å². The van der Waals surface area contributed by atoms with Crippen molar-refractivity contribution in [3.63, 3.8) is 0 Å². The Morgan fingerprint density at radius 1 is 1.25 bits per heavy atom. The van der Waals surface area contributed by atoms with E-state index in [0.717, 1.165) is 39.0 Å². The van der Waals surface area contributed by atoms with Crippen molar-refractivity contribution in [1.82, 2.24) is 9.80 Å². The SMILES string of the molecule is CCC(C)CC(=O)N1CCN(C(CC)C(N)=NO)CC1. The number of amidine groups is 1. The molecule has 0 spiro atoms. The minimum atomic E-state index is -0.0354. The molecule has 116 valence electrons. The number of carbonyl (C=O) groups is 1. The van der Waals surface area contributed by atoms with Gasteiger partial charge in [0.15, 0.2) is 5.84 Å². The van der Waals surface area contributed by atoms with Crippen molar-refractivity contribution in [2.24, 2.45) is 16.8 Å². The smallest absolute Gasteiger partial charge is 0.222 e. The summed E-state index contributed by atoms with van der Waals surface area (Å²) >= 11 is 0. The number of rotatable bonds is 6. The van der Waals surface area contributed by atoms with E-state index in [9.17, 15) is 4.79 Å². The van der Waals surface area contributed by atoms with Gasteiger partial charge >= 0.3 is 0 Å². The number of hydrogen-bond acceptors (Lipinski definition) is 4. The first-order valence-electron chi connectivity index (χ1n) is 7.52. The van der Waals surface area contributed by atoms with Crippen LogP contribution in [-0.4, -0.2) is 59.0 Å². The molecule has 0 aromatic heterocycles. The molecular formula is C14H28N4O2. The Kier molecular flexibility index (Phi) is 6.78. The number of hydrogen-bond donors (Lipinski definition) is 2. The van der Waals surface area contributed by atoms with E-state index in [1.165, 1.54) is 0 Å². The summed E-state index contributed by atoms with van der Waals surface area (Å²) in [6.07, 6.45) is 2.47. The summed E-state index contributed by atoms with van der Waals surface area (Å²) in [6, 6.07) is -0.0354. The first-order valence-corrected chi connectivity index (χ1v) is 7.52. The van der Waals surface area contributed by atoms with E-state index >= 15 is 0 Å². The molecule has 1 rings (SSSR count). The highest BCUT2D eigenvalue weighted by molar-refractivity contribution is 5.85. The summed E-state index contributed by atoms with van der Waals surface area (Å²) in [6.45, 7) is 9.25. The number of nitrogens with zero attached hydrogens (tertiary/aromatic N) is 3. The fraction of sp³-hybridized carbons (Fsp3) is 0.857. The second-order valence-electron chi connectivity index (χ2n) is 5.58. The highest BCUT2D eigenvalue weighted by Gasteiger charge is 2.27. The van der Waals surface area contributed by atoms with Gasteiger partial charge in [0.1, 0.15) is 0 Å². The Morgan fingerprint density at radius 3 is 2.30 bits per heavy atom. The van der Waals surface area contributed by atoms with Crippen molar-refractivity contribution < 1.29 is 10.0 Å². The Morgan fingerprint density at radius 2 is 1.85 bits per heavy atom. The van der Waals surface area contributed by atoms with E-state index in [1.807, 2.05) is 11.8 Å². The van der Waals surface area contributed by atoms with E-state index < -0.39 is 0 Å². The maximum absolute atomic E-state index is 12.1. The lowest BCUT2D eigenvalue weighted by molar-refractivity contribution is -0.134. The Bertz CT molecular complexity index is 338. The Balaban J connectivity index is 2.48. The molecule has 0 bridgehead atoms. The van der Waals surface area contributed by atoms with Crippen LogP contribution in [0.25, 0.3) is 0 Å². The van der Waals surface area contributed by atoms with Crippen LogP contribution in [0.3, 0.4) is 0 Å². The topological polar surface area (TPSA) is 82.2 Å². The predicted octanol–water partition coefficient (Wildman–Crippen LogP) is 1.09. The van der Waals surface area contributed by atoms with Crippen molar-refractivity contribution in [3.8, 4) is 0 Å². The van der Waals surface area contributed by atoms with Crippen LogP contribution in [0.1, 0.15) is 40.0 Å². The molecule has 2 unspecified atom stereocenters. The van der Waals surface area contributed by atoms with Crippen molar-refractivity contribution >= 4 is 11.7 Å². The second kappa shape index (κ2) is 8.09. The van der Waals surface area contributed by atoms with Crippen LogP contribution >= 0.6 is 0 Å². The summed E-state index contributed by atoms with van der Waals surface area (Å²) in [7, 11) is 0. The zero-order valence-electron chi connectivity index (χ0n) is 12.9. The number of carbonyl (C=O) groups excluding carboxylic acids is 1. The van der Waals surface area contributed by atoms with Gasteiger partial charge in [-0.3, -0.25) is 9.69 Å². The van der Waals surface area contributed by atoms with Crippen molar-refractivity contribution in [3.05, 3.63) is 0 Å². The summed E-state index contributed by atoms with van der Waals surface area (Å²) < 4.78 is 0. The molecule has 3 N–H and O–H groups in total. The summed E-state index contributed by atoms with van der Waals surface area (Å²) in [5, 5.41) is 11.9. The number of piperazine rings is 1. The molecule has 0 aromatic rings. The van der Waals surface area contributed by atoms with Crippen LogP contribution < -0.4 is 5.73 Å². The Hall–Kier alpha value is -1.30. The summed E-state index contributed by atoms with van der Waals surface area (Å²) in [5.41, 5.74) is 5.71. The molecule has 1 aliphatic heterocycles. The molecule has 1 amide bonds. The molecule has 1 fully saturated rings. The molecule has 6 nitrogen and oxygen atoms in total. The molecule has 20 heavy (non-hydrogen) atoms. The van der Waals surface area contributed by atoms with E-state index in [4.69, 9.17) is 10.9 Å². The van der Waals surface area contributed by atoms with Crippen molar-refractivity contribution in [2.45, 2.75) is 46.1 Å². The number of oxime groups is 1. The zero-order valence-corrected chi connectivity index (χ0v) is 12.9. The van der Waals surface area contributed by atoms with Gasteiger partial charge in [0.25, 0.3) is 0 Å². The Labute approximate surface area is 121 Å². The van der Waals surface area contributed by atoms with Gasteiger partial charge in [0, 0.05) is 32.6 Å². The maximum Gasteiger partial charge on any atom is 0.222 e. The molecule has 2 atom stereocenters. The maximum atomic E-state index is 12.1. The highest BCUT2D eigenvalue weighted by Crippen LogP contribution is 2.13. The van der Waals surface area contributed by atoms with Gasteiger partial charge < -0.3 is 15.8 Å². The van der Waals surface area contributed by atoms with E-state index in [-0.39, 0.29) is 17.8 Å². The first kappa shape index (κ1) is 16.8. The molecule has 0 aliphatic carbocycles. The number of nitrogens with two attached hydrogens (primary N) is 1. The lowest BCUT2D eigenvalue weighted by atomic mass is 10.0. The standard InChI is InChI=1S/C14H28N4O2/c1-4-11(3)10-13(19)18-8-6-17(7-9-18)12(5-2)14(15)16-20/h11-12,20H,4-10H2,1-3H3,(H2,15,16). The summed E-state index contributed by atoms with van der Waals surface area (Å²) in [4.78, 5) is 16.2. The van der Waals surface area contributed by atoms with Gasteiger partial charge in [0.05, 0.1) is 6.04 Å². The fourth-order valence-electron chi connectivity index (χ4n) is 2.58. The molecule has 1 saturated heterocycles. The van der Waals surface area contributed by atoms with Crippen LogP contribution in [0.4, 0.5) is 0 Å². The molecule has 0 aromatic carbocycles. The lowest BCUT2D eigenvalue weighted by Crippen LogP contribution is -2.55. The third-order valence-electron chi connectivity index (χ3n) is 4.17. The molecule has 6 heteroatoms. The third kappa shape index (κ3) is 4.37. The van der Waals surface area contributed by atoms with Crippen LogP contribution in [0.5, 0.6) is 0 Å². The van der Waals surface area contributed by atoms with Gasteiger partial charge in [-0.05, 0) is 12.3 Å². The fourth-order valence-corrected chi connectivity index (χ4v) is 2.58. The van der Waals surface area contributed by atoms with Crippen LogP contribution in [0.15, 0.2) is 5.16 Å². The normalized spacial score (nSPS) is 20.8. The summed E-state index contributed by atoms with van der Waals surface area (Å²) in [5.74, 6) is 0.948. The zero-order chi connectivity index (χ0) is 15.1. The molecule has 1 heterocycles. The van der Waals surface area contributed by atoms with Gasteiger partial charge in [-0.2, -0.15) is 0 Å². The van der Waals surface area contributed by atoms with Crippen LogP contribution in [0.2, 0.25) is 0 Å². The van der Waals surface area contributed by atoms with Gasteiger partial charge in [-0.15, -0.1) is 0 Å². The molecule has 0 radical (unpaired) electrons. The van der Waals surface area contributed by atoms with Gasteiger partial charge in [-0.1, -0.05) is 32.3 Å². The molecule has 0 saturated carbocycles. The van der Waals surface area contributed by atoms with E-state index in [0.29, 0.717) is 12.3 Å². The minimum Gasteiger partial charge on any atom is -0.409 e. The number of amides is 1. The molecular weight excluding hydrogens is 256 g/mol.